The Labute approximate surface area is 218 Å². The molecule has 1 saturated carbocycles. The number of carboxylic acid groups (broad SMARTS) is 1. The van der Waals surface area contributed by atoms with Gasteiger partial charge in [0.05, 0.1) is 12.7 Å². The van der Waals surface area contributed by atoms with E-state index in [1.54, 1.807) is 0 Å². The van der Waals surface area contributed by atoms with E-state index in [9.17, 15) is 23.5 Å². The number of anilines is 1. The lowest BCUT2D eigenvalue weighted by Gasteiger charge is -2.26. The zero-order valence-electron chi connectivity index (χ0n) is 22.1. The molecule has 1 atom stereocenters. The first-order chi connectivity index (χ1) is 17.6. The number of nitrogens with one attached hydrogen (secondary N) is 2. The Kier molecular flexibility index (Phi) is 11.1. The van der Waals surface area contributed by atoms with Crippen LogP contribution in [-0.4, -0.2) is 78.2 Å². The highest BCUT2D eigenvalue weighted by Gasteiger charge is 2.33. The van der Waals surface area contributed by atoms with Gasteiger partial charge < -0.3 is 25.4 Å². The Bertz CT molecular complexity index is 895. The molecule has 3 rings (SSSR count). The number of carboxylic acids is 1. The second kappa shape index (κ2) is 14.0. The molecule has 208 valence electrons. The van der Waals surface area contributed by atoms with Gasteiger partial charge in [-0.3, -0.25) is 4.79 Å². The zero-order valence-corrected chi connectivity index (χ0v) is 22.1. The molecule has 0 bridgehead atoms. The number of halogens is 2. The van der Waals surface area contributed by atoms with Crippen molar-refractivity contribution in [2.24, 2.45) is 5.41 Å². The SMILES string of the molecule is CC(C)(CC(=O)N[C@@H](CCN(CCCCc1ccc2c(n1)NCCC2)CCOC1CC1)C(=O)O)C(F)F. The quantitative estimate of drug-likeness (QED) is 0.266. The van der Waals surface area contributed by atoms with Crippen molar-refractivity contribution >= 4 is 17.7 Å². The molecule has 1 aliphatic carbocycles. The van der Waals surface area contributed by atoms with Gasteiger partial charge in [0.2, 0.25) is 12.3 Å². The molecule has 0 unspecified atom stereocenters. The average Bonchev–Trinajstić information content (AvgIpc) is 3.67. The van der Waals surface area contributed by atoms with Crippen molar-refractivity contribution in [3.05, 3.63) is 23.4 Å². The normalized spacial score (nSPS) is 16.4. The molecule has 0 aromatic carbocycles. The number of pyridine rings is 1. The summed E-state index contributed by atoms with van der Waals surface area (Å²) in [7, 11) is 0. The van der Waals surface area contributed by atoms with E-state index >= 15 is 0 Å². The summed E-state index contributed by atoms with van der Waals surface area (Å²) < 4.78 is 32.0. The molecular formula is C27H42F2N4O4. The minimum Gasteiger partial charge on any atom is -0.480 e. The summed E-state index contributed by atoms with van der Waals surface area (Å²) in [5.74, 6) is -0.834. The topological polar surface area (TPSA) is 104 Å². The monoisotopic (exact) mass is 524 g/mol. The predicted octanol–water partition coefficient (Wildman–Crippen LogP) is 3.88. The van der Waals surface area contributed by atoms with E-state index in [0.29, 0.717) is 25.8 Å². The fourth-order valence-electron chi connectivity index (χ4n) is 4.37. The minimum absolute atomic E-state index is 0.192. The summed E-state index contributed by atoms with van der Waals surface area (Å²) in [5, 5.41) is 15.4. The van der Waals surface area contributed by atoms with Crippen molar-refractivity contribution < 1.29 is 28.2 Å². The van der Waals surface area contributed by atoms with Crippen molar-refractivity contribution in [2.75, 3.05) is 38.1 Å². The summed E-state index contributed by atoms with van der Waals surface area (Å²) in [6, 6.07) is 3.14. The molecular weight excluding hydrogens is 482 g/mol. The van der Waals surface area contributed by atoms with E-state index in [-0.39, 0.29) is 6.42 Å². The van der Waals surface area contributed by atoms with Gasteiger partial charge in [-0.15, -0.1) is 0 Å². The van der Waals surface area contributed by atoms with Gasteiger partial charge in [0.15, 0.2) is 0 Å². The van der Waals surface area contributed by atoms with Gasteiger partial charge in [-0.2, -0.15) is 0 Å². The van der Waals surface area contributed by atoms with Crippen LogP contribution in [0.4, 0.5) is 14.6 Å². The lowest BCUT2D eigenvalue weighted by atomic mass is 9.89. The second-order valence-electron chi connectivity index (χ2n) is 10.9. The van der Waals surface area contributed by atoms with Gasteiger partial charge in [0.1, 0.15) is 11.9 Å². The third-order valence-electron chi connectivity index (χ3n) is 6.97. The van der Waals surface area contributed by atoms with Gasteiger partial charge in [-0.05, 0) is 69.5 Å². The first kappa shape index (κ1) is 29.2. The number of carbonyl (C=O) groups excluding carboxylic acids is 1. The van der Waals surface area contributed by atoms with Crippen LogP contribution in [0.25, 0.3) is 0 Å². The number of carbonyl (C=O) groups is 2. The van der Waals surface area contributed by atoms with Crippen LogP contribution in [0.2, 0.25) is 0 Å². The number of aromatic nitrogens is 1. The number of alkyl halides is 2. The minimum atomic E-state index is -2.67. The maximum Gasteiger partial charge on any atom is 0.326 e. The number of nitrogens with zero attached hydrogens (tertiary/aromatic N) is 2. The van der Waals surface area contributed by atoms with Gasteiger partial charge in [0.25, 0.3) is 0 Å². The van der Waals surface area contributed by atoms with E-state index in [2.05, 4.69) is 27.7 Å². The van der Waals surface area contributed by atoms with Crippen LogP contribution in [0.3, 0.4) is 0 Å². The largest absolute Gasteiger partial charge is 0.480 e. The maximum atomic E-state index is 13.1. The van der Waals surface area contributed by atoms with Crippen molar-refractivity contribution in [3.63, 3.8) is 0 Å². The third-order valence-corrected chi connectivity index (χ3v) is 6.97. The summed E-state index contributed by atoms with van der Waals surface area (Å²) in [5.41, 5.74) is 0.828. The van der Waals surface area contributed by atoms with E-state index in [0.717, 1.165) is 69.5 Å². The first-order valence-corrected chi connectivity index (χ1v) is 13.5. The van der Waals surface area contributed by atoms with Gasteiger partial charge in [-0.25, -0.2) is 18.6 Å². The number of unbranched alkanes of at least 4 members (excludes halogenated alkanes) is 1. The number of amides is 1. The highest BCUT2D eigenvalue weighted by molar-refractivity contribution is 5.83. The average molecular weight is 525 g/mol. The smallest absolute Gasteiger partial charge is 0.326 e. The number of hydrogen-bond acceptors (Lipinski definition) is 6. The number of fused-ring (bicyclic) bond motifs is 1. The van der Waals surface area contributed by atoms with Crippen LogP contribution >= 0.6 is 0 Å². The molecule has 3 N–H and O–H groups in total. The Morgan fingerprint density at radius 1 is 1.24 bits per heavy atom. The first-order valence-electron chi connectivity index (χ1n) is 13.5. The van der Waals surface area contributed by atoms with Crippen LogP contribution in [0.1, 0.15) is 70.1 Å². The van der Waals surface area contributed by atoms with E-state index in [1.807, 2.05) is 0 Å². The Hall–Kier alpha value is -2.33. The summed E-state index contributed by atoms with van der Waals surface area (Å²) >= 11 is 0. The van der Waals surface area contributed by atoms with Crippen LogP contribution in [0, 0.1) is 5.41 Å². The molecule has 0 spiro atoms. The van der Waals surface area contributed by atoms with Crippen molar-refractivity contribution in [2.45, 2.75) is 90.2 Å². The highest BCUT2D eigenvalue weighted by Crippen LogP contribution is 2.28. The van der Waals surface area contributed by atoms with Gasteiger partial charge in [-0.1, -0.05) is 19.9 Å². The fraction of sp³-hybridized carbons (Fsp3) is 0.741. The molecule has 37 heavy (non-hydrogen) atoms. The predicted molar refractivity (Wildman–Crippen MR) is 138 cm³/mol. The van der Waals surface area contributed by atoms with Gasteiger partial charge >= 0.3 is 5.97 Å². The van der Waals surface area contributed by atoms with Crippen LogP contribution < -0.4 is 10.6 Å². The molecule has 8 nitrogen and oxygen atoms in total. The number of ether oxygens (including phenoxy) is 1. The summed E-state index contributed by atoms with van der Waals surface area (Å²) in [6.45, 7) is 6.05. The van der Waals surface area contributed by atoms with Crippen molar-refractivity contribution in [1.29, 1.82) is 0 Å². The molecule has 0 saturated heterocycles. The molecule has 0 radical (unpaired) electrons. The molecule has 1 aromatic heterocycles. The third kappa shape index (κ3) is 10.2. The van der Waals surface area contributed by atoms with Gasteiger partial charge in [0, 0.05) is 37.2 Å². The van der Waals surface area contributed by atoms with Crippen LogP contribution in [0.15, 0.2) is 12.1 Å². The molecule has 2 heterocycles. The number of rotatable bonds is 17. The summed E-state index contributed by atoms with van der Waals surface area (Å²) in [6.07, 6.45) is 4.55. The highest BCUT2D eigenvalue weighted by atomic mass is 19.3. The lowest BCUT2D eigenvalue weighted by Crippen LogP contribution is -2.45. The molecule has 10 heteroatoms. The number of hydrogen-bond donors (Lipinski definition) is 3. The van der Waals surface area contributed by atoms with E-state index in [1.165, 1.54) is 19.4 Å². The van der Waals surface area contributed by atoms with Crippen molar-refractivity contribution in [1.82, 2.24) is 15.2 Å². The Morgan fingerprint density at radius 2 is 2.03 bits per heavy atom. The maximum absolute atomic E-state index is 13.1. The zero-order chi connectivity index (χ0) is 26.8. The Morgan fingerprint density at radius 3 is 2.73 bits per heavy atom. The lowest BCUT2D eigenvalue weighted by molar-refractivity contribution is -0.142. The number of aliphatic carboxylic acids is 1. The van der Waals surface area contributed by atoms with E-state index in [4.69, 9.17) is 9.72 Å². The van der Waals surface area contributed by atoms with Crippen molar-refractivity contribution in [3.8, 4) is 0 Å². The second-order valence-corrected chi connectivity index (χ2v) is 10.9. The fourth-order valence-corrected chi connectivity index (χ4v) is 4.37. The standard InChI is InChI=1S/C27H42F2N4O4/c1-27(2,26(28)29)18-23(34)32-22(25(35)36)12-15-33(16-17-37-21-10-11-21)14-4-3-7-20-9-8-19-6-5-13-30-24(19)31-20/h8-9,21-22,26H,3-7,10-18H2,1-2H3,(H,30,31)(H,32,34)(H,35,36)/t22-/m0/s1. The molecule has 2 aliphatic rings. The van der Waals surface area contributed by atoms with Crippen LogP contribution in [-0.2, 0) is 27.2 Å². The molecule has 1 aromatic rings. The molecule has 1 aliphatic heterocycles. The molecule has 1 amide bonds. The Balaban J connectivity index is 1.46. The molecule has 1 fully saturated rings. The van der Waals surface area contributed by atoms with E-state index < -0.39 is 36.2 Å². The number of aryl methyl sites for hydroxylation is 2. The summed E-state index contributed by atoms with van der Waals surface area (Å²) in [4.78, 5) is 30.9. The van der Waals surface area contributed by atoms with Crippen LogP contribution in [0.5, 0.6) is 0 Å².